The van der Waals surface area contributed by atoms with Gasteiger partial charge in [-0.1, -0.05) is 42.0 Å². The first-order valence-electron chi connectivity index (χ1n) is 10.3. The Hall–Kier alpha value is -3.57. The Morgan fingerprint density at radius 2 is 1.81 bits per heavy atom. The lowest BCUT2D eigenvalue weighted by Crippen LogP contribution is -2.26. The lowest BCUT2D eigenvalue weighted by molar-refractivity contribution is 0.278. The highest BCUT2D eigenvalue weighted by atomic mass is 35.5. The highest BCUT2D eigenvalue weighted by Crippen LogP contribution is 2.29. The second kappa shape index (κ2) is 9.71. The van der Waals surface area contributed by atoms with Gasteiger partial charge in [0.05, 0.1) is 24.6 Å². The number of hydrogen-bond donors (Lipinski definition) is 0. The van der Waals surface area contributed by atoms with Gasteiger partial charge in [0.25, 0.3) is 5.56 Å². The Morgan fingerprint density at radius 1 is 1.03 bits per heavy atom. The topological polar surface area (TPSA) is 53.4 Å². The Kier molecular flexibility index (Phi) is 6.57. The van der Waals surface area contributed by atoms with Crippen LogP contribution in [0.3, 0.4) is 0 Å². The standard InChI is InChI=1S/C26H23ClN2O3/c1-3-6-18-9-14-23(24(17-18)31-2)32-16-15-29-25(19-10-12-20(27)13-11-19)28-22-8-5-4-7-21(22)26(29)30/h3-14,17H,15-16H2,1-2H3/b6-3-. The van der Waals surface area contributed by atoms with Gasteiger partial charge in [0.1, 0.15) is 12.4 Å². The Balaban J connectivity index is 1.67. The average Bonchev–Trinajstić information content (AvgIpc) is 2.82. The van der Waals surface area contributed by atoms with Gasteiger partial charge in [0.2, 0.25) is 0 Å². The quantitative estimate of drug-likeness (QED) is 0.358. The Bertz CT molecular complexity index is 1330. The van der Waals surface area contributed by atoms with E-state index < -0.39 is 0 Å². The number of fused-ring (bicyclic) bond motifs is 1. The monoisotopic (exact) mass is 446 g/mol. The summed E-state index contributed by atoms with van der Waals surface area (Å²) in [6, 6.07) is 20.4. The third-order valence-electron chi connectivity index (χ3n) is 5.08. The van der Waals surface area contributed by atoms with E-state index in [1.165, 1.54) is 0 Å². The maximum absolute atomic E-state index is 13.3. The summed E-state index contributed by atoms with van der Waals surface area (Å²) in [6.07, 6.45) is 3.96. The molecule has 0 aliphatic heterocycles. The van der Waals surface area contributed by atoms with Crippen molar-refractivity contribution in [3.8, 4) is 22.9 Å². The van der Waals surface area contributed by atoms with Gasteiger partial charge in [0, 0.05) is 10.6 Å². The molecule has 4 aromatic rings. The zero-order valence-electron chi connectivity index (χ0n) is 17.9. The molecule has 6 heteroatoms. The molecule has 0 saturated heterocycles. The maximum Gasteiger partial charge on any atom is 0.261 e. The highest BCUT2D eigenvalue weighted by molar-refractivity contribution is 6.30. The van der Waals surface area contributed by atoms with Crippen molar-refractivity contribution in [2.75, 3.05) is 13.7 Å². The van der Waals surface area contributed by atoms with Crippen LogP contribution in [0.5, 0.6) is 11.5 Å². The molecule has 5 nitrogen and oxygen atoms in total. The van der Waals surface area contributed by atoms with E-state index in [0.29, 0.717) is 39.8 Å². The summed E-state index contributed by atoms with van der Waals surface area (Å²) < 4.78 is 13.1. The van der Waals surface area contributed by atoms with E-state index >= 15 is 0 Å². The molecule has 162 valence electrons. The molecule has 0 aliphatic rings. The zero-order chi connectivity index (χ0) is 22.5. The Labute approximate surface area is 191 Å². The van der Waals surface area contributed by atoms with Gasteiger partial charge >= 0.3 is 0 Å². The van der Waals surface area contributed by atoms with Crippen molar-refractivity contribution in [1.29, 1.82) is 0 Å². The second-order valence-electron chi connectivity index (χ2n) is 7.18. The summed E-state index contributed by atoms with van der Waals surface area (Å²) in [4.78, 5) is 18.0. The molecule has 4 rings (SSSR count). The molecule has 0 unspecified atom stereocenters. The average molecular weight is 447 g/mol. The number of aromatic nitrogens is 2. The van der Waals surface area contributed by atoms with E-state index in [1.54, 1.807) is 29.9 Å². The molecule has 32 heavy (non-hydrogen) atoms. The first-order chi connectivity index (χ1) is 15.6. The summed E-state index contributed by atoms with van der Waals surface area (Å²) in [5.41, 5.74) is 2.38. The SMILES string of the molecule is C/C=C\c1ccc(OCCn2c(-c3ccc(Cl)cc3)nc3ccccc3c2=O)c(OC)c1. The first-order valence-corrected chi connectivity index (χ1v) is 10.7. The van der Waals surface area contributed by atoms with Gasteiger partial charge in [-0.2, -0.15) is 0 Å². The number of rotatable bonds is 7. The molecule has 0 aliphatic carbocycles. The number of ether oxygens (including phenoxy) is 2. The van der Waals surface area contributed by atoms with Crippen LogP contribution in [0.15, 0.2) is 77.6 Å². The van der Waals surface area contributed by atoms with E-state index in [2.05, 4.69) is 0 Å². The third-order valence-corrected chi connectivity index (χ3v) is 5.34. The molecule has 1 aromatic heterocycles. The molecule has 1 heterocycles. The molecule has 0 fully saturated rings. The molecule has 3 aromatic carbocycles. The van der Waals surface area contributed by atoms with Crippen molar-refractivity contribution in [2.45, 2.75) is 13.5 Å². The van der Waals surface area contributed by atoms with Gasteiger partial charge in [-0.15, -0.1) is 0 Å². The fourth-order valence-electron chi connectivity index (χ4n) is 3.54. The fourth-order valence-corrected chi connectivity index (χ4v) is 3.67. The summed E-state index contributed by atoms with van der Waals surface area (Å²) >= 11 is 6.05. The largest absolute Gasteiger partial charge is 0.493 e. The number of para-hydroxylation sites is 1. The fraction of sp³-hybridized carbons (Fsp3) is 0.154. The smallest absolute Gasteiger partial charge is 0.261 e. The van der Waals surface area contributed by atoms with Crippen molar-refractivity contribution in [2.24, 2.45) is 0 Å². The van der Waals surface area contributed by atoms with Crippen molar-refractivity contribution in [3.63, 3.8) is 0 Å². The Morgan fingerprint density at radius 3 is 2.56 bits per heavy atom. The molecule has 0 N–H and O–H groups in total. The molecule has 0 amide bonds. The number of methoxy groups -OCH3 is 1. The zero-order valence-corrected chi connectivity index (χ0v) is 18.7. The lowest BCUT2D eigenvalue weighted by Gasteiger charge is -2.15. The number of hydrogen-bond acceptors (Lipinski definition) is 4. The summed E-state index contributed by atoms with van der Waals surface area (Å²) in [5, 5.41) is 1.19. The predicted molar refractivity (Wildman–Crippen MR) is 130 cm³/mol. The molecule has 0 spiro atoms. The summed E-state index contributed by atoms with van der Waals surface area (Å²) in [5.74, 6) is 1.84. The van der Waals surface area contributed by atoms with Crippen LogP contribution < -0.4 is 15.0 Å². The molecule has 0 saturated carbocycles. The minimum atomic E-state index is -0.112. The van der Waals surface area contributed by atoms with Gasteiger partial charge in [-0.25, -0.2) is 4.98 Å². The molecular weight excluding hydrogens is 424 g/mol. The van der Waals surface area contributed by atoms with Crippen LogP contribution in [0.1, 0.15) is 12.5 Å². The summed E-state index contributed by atoms with van der Waals surface area (Å²) in [7, 11) is 1.61. The van der Waals surface area contributed by atoms with E-state index in [4.69, 9.17) is 26.1 Å². The molecular formula is C26H23ClN2O3. The first kappa shape index (κ1) is 21.7. The molecule has 0 radical (unpaired) electrons. The van der Waals surface area contributed by atoms with Crippen LogP contribution in [-0.2, 0) is 6.54 Å². The van der Waals surface area contributed by atoms with Gasteiger partial charge in [-0.05, 0) is 61.0 Å². The number of halogens is 1. The normalized spacial score (nSPS) is 11.2. The number of allylic oxidation sites excluding steroid dienone is 1. The number of benzene rings is 3. The van der Waals surface area contributed by atoms with Crippen molar-refractivity contribution in [1.82, 2.24) is 9.55 Å². The maximum atomic E-state index is 13.3. The highest BCUT2D eigenvalue weighted by Gasteiger charge is 2.13. The van der Waals surface area contributed by atoms with Crippen molar-refractivity contribution >= 4 is 28.6 Å². The molecule has 0 bridgehead atoms. The van der Waals surface area contributed by atoms with Gasteiger partial charge in [-0.3, -0.25) is 9.36 Å². The van der Waals surface area contributed by atoms with E-state index in [9.17, 15) is 4.79 Å². The lowest BCUT2D eigenvalue weighted by atomic mass is 10.1. The minimum Gasteiger partial charge on any atom is -0.493 e. The minimum absolute atomic E-state index is 0.112. The third kappa shape index (κ3) is 4.53. The van der Waals surface area contributed by atoms with Crippen LogP contribution in [0.25, 0.3) is 28.4 Å². The number of nitrogens with zero attached hydrogens (tertiary/aromatic N) is 2. The van der Waals surface area contributed by atoms with E-state index in [-0.39, 0.29) is 12.2 Å². The van der Waals surface area contributed by atoms with Crippen LogP contribution in [-0.4, -0.2) is 23.3 Å². The van der Waals surface area contributed by atoms with Crippen molar-refractivity contribution in [3.05, 3.63) is 93.7 Å². The molecule has 0 atom stereocenters. The van der Waals surface area contributed by atoms with Crippen LogP contribution in [0.4, 0.5) is 0 Å². The van der Waals surface area contributed by atoms with Gasteiger partial charge in [0.15, 0.2) is 11.5 Å². The van der Waals surface area contributed by atoms with Gasteiger partial charge < -0.3 is 9.47 Å². The van der Waals surface area contributed by atoms with Crippen LogP contribution in [0.2, 0.25) is 5.02 Å². The van der Waals surface area contributed by atoms with Crippen LogP contribution in [0, 0.1) is 0 Å². The van der Waals surface area contributed by atoms with E-state index in [1.807, 2.05) is 67.6 Å². The second-order valence-corrected chi connectivity index (χ2v) is 7.61. The summed E-state index contributed by atoms with van der Waals surface area (Å²) in [6.45, 7) is 2.57. The predicted octanol–water partition coefficient (Wildman–Crippen LogP) is 5.84. The van der Waals surface area contributed by atoms with E-state index in [0.717, 1.165) is 11.1 Å². The van der Waals surface area contributed by atoms with Crippen molar-refractivity contribution < 1.29 is 9.47 Å². The van der Waals surface area contributed by atoms with Crippen LogP contribution >= 0.6 is 11.6 Å².